The molecule has 4 N–H and O–H groups in total. The monoisotopic (exact) mass is 812 g/mol. The second-order valence-electron chi connectivity index (χ2n) is 15.8. The number of carbonyl (C=O) groups is 4. The molecule has 7 rings (SSSR count). The van der Waals surface area contributed by atoms with E-state index in [2.05, 4.69) is 5.32 Å². The third-order valence-electron chi connectivity index (χ3n) is 11.5. The van der Waals surface area contributed by atoms with E-state index < -0.39 is 47.0 Å². The second kappa shape index (κ2) is 16.6. The van der Waals surface area contributed by atoms with Crippen molar-refractivity contribution in [1.82, 2.24) is 24.7 Å². The minimum atomic E-state index is -2.01. The molecule has 3 aliphatic rings. The highest BCUT2D eigenvalue weighted by Gasteiger charge is 2.46. The number of ketones is 1. The van der Waals surface area contributed by atoms with Gasteiger partial charge in [0.1, 0.15) is 32.4 Å². The van der Waals surface area contributed by atoms with E-state index >= 15 is 4.39 Å². The number of nitrogens with one attached hydrogen (secondary N) is 1. The highest BCUT2D eigenvalue weighted by Crippen LogP contribution is 2.46. The molecule has 0 radical (unpaired) electrons. The number of rotatable bonds is 14. The number of Topliss-reactive ketones (excluding diaryl/α,β-unsaturated/α-hetero) is 1. The second-order valence-corrected chi connectivity index (χ2v) is 15.8. The highest BCUT2D eigenvalue weighted by atomic mass is 19.1. The third kappa shape index (κ3) is 7.97. The molecule has 4 heterocycles. The van der Waals surface area contributed by atoms with Crippen LogP contribution in [0.4, 0.5) is 9.18 Å². The van der Waals surface area contributed by atoms with E-state index in [1.807, 2.05) is 19.0 Å². The predicted octanol–water partition coefficient (Wildman–Crippen LogP) is 3.26. The molecule has 0 saturated heterocycles. The Balaban J connectivity index is 1.08. The van der Waals surface area contributed by atoms with Gasteiger partial charge in [0.25, 0.3) is 5.56 Å². The lowest BCUT2D eigenvalue weighted by molar-refractivity contribution is -0.172. The van der Waals surface area contributed by atoms with Gasteiger partial charge in [-0.3, -0.25) is 19.3 Å². The number of fused-ring (bicyclic) bond motifs is 5. The maximum absolute atomic E-state index is 15.3. The van der Waals surface area contributed by atoms with Crippen LogP contribution < -0.4 is 16.6 Å². The van der Waals surface area contributed by atoms with Crippen LogP contribution in [0.3, 0.4) is 0 Å². The summed E-state index contributed by atoms with van der Waals surface area (Å²) in [4.78, 5) is 73.6. The normalized spacial score (nSPS) is 18.2. The number of aliphatic hydroxyl groups is 1. The number of esters is 1. The zero-order valence-corrected chi connectivity index (χ0v) is 33.9. The number of cyclic esters (lactones) is 1. The molecule has 3 atom stereocenters. The Labute approximate surface area is 340 Å². The fourth-order valence-electron chi connectivity index (χ4n) is 8.06. The van der Waals surface area contributed by atoms with Crippen molar-refractivity contribution >= 4 is 34.7 Å². The molecule has 2 aromatic heterocycles. The van der Waals surface area contributed by atoms with Gasteiger partial charge in [-0.1, -0.05) is 31.2 Å². The number of hydrogen-bond donors (Lipinski definition) is 3. The van der Waals surface area contributed by atoms with Crippen molar-refractivity contribution in [2.45, 2.75) is 83.9 Å². The van der Waals surface area contributed by atoms with Crippen LogP contribution in [0.1, 0.15) is 77.2 Å². The fourth-order valence-corrected chi connectivity index (χ4v) is 8.06. The SMILES string of the molecule is CC[C@@]1(O)C(=O)OCc2c1cc1n(c2=O)Cc2c-1nc1cc(F)c(C)c3c1c2[C@@H](NC(=O)COCN(CCN(C)C)C(=O)OCc1ccc(CC(=O)[C@H](C)N)cc1)CC3. The summed E-state index contributed by atoms with van der Waals surface area (Å²) in [5.74, 6) is -1.79. The van der Waals surface area contributed by atoms with Crippen molar-refractivity contribution in [1.29, 1.82) is 0 Å². The van der Waals surface area contributed by atoms with Crippen LogP contribution >= 0.6 is 0 Å². The number of aryl methyl sites for hydroxylation is 1. The lowest BCUT2D eigenvalue weighted by atomic mass is 9.81. The lowest BCUT2D eigenvalue weighted by Gasteiger charge is -2.31. The van der Waals surface area contributed by atoms with Crippen molar-refractivity contribution in [3.8, 4) is 11.4 Å². The topological polar surface area (TPSA) is 196 Å². The quantitative estimate of drug-likeness (QED) is 0.110. The molecular weight excluding hydrogens is 764 g/mol. The van der Waals surface area contributed by atoms with Crippen LogP contribution in [0.2, 0.25) is 0 Å². The van der Waals surface area contributed by atoms with E-state index in [9.17, 15) is 29.1 Å². The zero-order chi connectivity index (χ0) is 42.3. The Morgan fingerprint density at radius 2 is 1.85 bits per heavy atom. The van der Waals surface area contributed by atoms with Crippen LogP contribution in [0.25, 0.3) is 22.3 Å². The standard InChI is InChI=1S/C43H49FN6O9/c1-6-43(56)30-16-34-39-28(18-50(34)40(53)29(30)20-58-41(43)54)38-32(12-11-27-23(2)31(44)17-33(47-39)37(27)38)46-36(52)21-57-22-49(14-13-48(4)5)42(55)59-19-26-9-7-25(8-10-26)15-35(51)24(3)45/h7-10,16-17,24,32,56H,6,11-15,18-22,45H2,1-5H3,(H,46,52)/t24-,32-,43-/m0/s1. The van der Waals surface area contributed by atoms with Crippen molar-refractivity contribution in [3.63, 3.8) is 0 Å². The molecule has 4 aromatic rings. The molecule has 312 valence electrons. The number of likely N-dealkylation sites (N-methyl/N-ethyl adjacent to an activating group) is 1. The number of amides is 2. The molecule has 0 unspecified atom stereocenters. The highest BCUT2D eigenvalue weighted by molar-refractivity contribution is 5.94. The summed E-state index contributed by atoms with van der Waals surface area (Å²) >= 11 is 0. The molecular formula is C43H49FN6O9. The molecule has 16 heteroatoms. The van der Waals surface area contributed by atoms with E-state index in [4.69, 9.17) is 24.9 Å². The van der Waals surface area contributed by atoms with E-state index in [0.29, 0.717) is 58.4 Å². The molecule has 2 aliphatic heterocycles. The number of aromatic nitrogens is 2. The smallest absolute Gasteiger partial charge is 0.411 e. The first-order valence-electron chi connectivity index (χ1n) is 19.7. The van der Waals surface area contributed by atoms with Gasteiger partial charge in [-0.2, -0.15) is 0 Å². The molecule has 15 nitrogen and oxygen atoms in total. The van der Waals surface area contributed by atoms with E-state index in [1.165, 1.54) is 15.5 Å². The molecule has 0 spiro atoms. The number of benzene rings is 2. The summed E-state index contributed by atoms with van der Waals surface area (Å²) in [6.45, 7) is 4.96. The Morgan fingerprint density at radius 1 is 1.12 bits per heavy atom. The average Bonchev–Trinajstić information content (AvgIpc) is 3.58. The first kappa shape index (κ1) is 41.6. The van der Waals surface area contributed by atoms with Crippen LogP contribution in [0.15, 0.2) is 41.2 Å². The largest absolute Gasteiger partial charge is 0.458 e. The summed E-state index contributed by atoms with van der Waals surface area (Å²) in [5.41, 5.74) is 8.89. The van der Waals surface area contributed by atoms with Crippen LogP contribution in [-0.4, -0.2) is 94.8 Å². The molecule has 0 saturated carbocycles. The molecule has 1 aliphatic carbocycles. The number of ether oxygens (including phenoxy) is 3. The summed E-state index contributed by atoms with van der Waals surface area (Å²) in [6.07, 6.45) is 0.458. The van der Waals surface area contributed by atoms with Crippen molar-refractivity contribution in [2.75, 3.05) is 40.5 Å². The number of nitrogens with two attached hydrogens (primary N) is 1. The van der Waals surface area contributed by atoms with Crippen molar-refractivity contribution in [3.05, 3.63) is 97.1 Å². The number of carbonyl (C=O) groups excluding carboxylic acids is 4. The summed E-state index contributed by atoms with van der Waals surface area (Å²) in [7, 11) is 3.73. The van der Waals surface area contributed by atoms with Crippen LogP contribution in [-0.2, 0) is 66.8 Å². The Bertz CT molecular complexity index is 2410. The summed E-state index contributed by atoms with van der Waals surface area (Å²) in [6, 6.07) is 8.99. The average molecular weight is 813 g/mol. The number of nitrogens with zero attached hydrogens (tertiary/aromatic N) is 4. The van der Waals surface area contributed by atoms with Gasteiger partial charge in [0.05, 0.1) is 41.1 Å². The Hall–Kier alpha value is -5.55. The minimum Gasteiger partial charge on any atom is -0.458 e. The third-order valence-corrected chi connectivity index (χ3v) is 11.5. The molecule has 59 heavy (non-hydrogen) atoms. The molecule has 0 fully saturated rings. The van der Waals surface area contributed by atoms with E-state index in [0.717, 1.165) is 16.7 Å². The number of halogens is 1. The van der Waals surface area contributed by atoms with Gasteiger partial charge in [-0.15, -0.1) is 0 Å². The number of hydrogen-bond acceptors (Lipinski definition) is 12. The van der Waals surface area contributed by atoms with Gasteiger partial charge in [0.15, 0.2) is 11.4 Å². The van der Waals surface area contributed by atoms with Gasteiger partial charge in [-0.25, -0.2) is 19.0 Å². The van der Waals surface area contributed by atoms with Gasteiger partial charge >= 0.3 is 12.1 Å². The summed E-state index contributed by atoms with van der Waals surface area (Å²) < 4.78 is 33.4. The van der Waals surface area contributed by atoms with Crippen LogP contribution in [0, 0.1) is 12.7 Å². The number of pyridine rings is 2. The molecule has 2 aromatic carbocycles. The minimum absolute atomic E-state index is 0.0133. The first-order chi connectivity index (χ1) is 28.1. The van der Waals surface area contributed by atoms with Crippen molar-refractivity contribution < 1.29 is 42.9 Å². The van der Waals surface area contributed by atoms with Gasteiger partial charge in [0, 0.05) is 42.1 Å². The summed E-state index contributed by atoms with van der Waals surface area (Å²) in [5, 5.41) is 15.1. The van der Waals surface area contributed by atoms with Gasteiger partial charge in [0.2, 0.25) is 5.91 Å². The zero-order valence-electron chi connectivity index (χ0n) is 33.9. The Kier molecular flexibility index (Phi) is 11.7. The first-order valence-corrected chi connectivity index (χ1v) is 19.7. The molecule has 0 bridgehead atoms. The van der Waals surface area contributed by atoms with E-state index in [-0.39, 0.29) is 69.4 Å². The van der Waals surface area contributed by atoms with Gasteiger partial charge in [-0.05, 0) is 81.1 Å². The van der Waals surface area contributed by atoms with Crippen molar-refractivity contribution in [2.24, 2.45) is 5.73 Å². The lowest BCUT2D eigenvalue weighted by Crippen LogP contribution is -2.44. The predicted molar refractivity (Wildman–Crippen MR) is 213 cm³/mol. The van der Waals surface area contributed by atoms with Gasteiger partial charge < -0.3 is 39.8 Å². The fraction of sp³-hybridized carbons (Fsp3) is 0.442. The Morgan fingerprint density at radius 3 is 2.54 bits per heavy atom. The molecule has 2 amide bonds. The maximum atomic E-state index is 15.3. The van der Waals surface area contributed by atoms with E-state index in [1.54, 1.807) is 51.1 Å². The van der Waals surface area contributed by atoms with Crippen LogP contribution in [0.5, 0.6) is 0 Å². The maximum Gasteiger partial charge on any atom is 0.411 e.